The van der Waals surface area contributed by atoms with Gasteiger partial charge in [0.2, 0.25) is 0 Å². The Balaban J connectivity index is 1.14. The predicted octanol–water partition coefficient (Wildman–Crippen LogP) is 11.5. The molecule has 10 rings (SSSR count). The van der Waals surface area contributed by atoms with Crippen LogP contribution in [0.2, 0.25) is 13.1 Å². The predicted molar refractivity (Wildman–Crippen MR) is 219 cm³/mol. The molecular formula is C48H34N2OSi. The van der Waals surface area contributed by atoms with E-state index in [0.717, 1.165) is 61.4 Å². The Labute approximate surface area is 303 Å². The van der Waals surface area contributed by atoms with Crippen LogP contribution < -0.4 is 10.4 Å². The first-order chi connectivity index (χ1) is 25.5. The maximum Gasteiger partial charge on any atom is 0.160 e. The lowest BCUT2D eigenvalue weighted by atomic mass is 9.97. The third-order valence-corrected chi connectivity index (χ3v) is 14.2. The molecule has 3 heterocycles. The molecule has 246 valence electrons. The molecule has 0 amide bonds. The van der Waals surface area contributed by atoms with E-state index in [-0.39, 0.29) is 0 Å². The molecule has 0 radical (unpaired) electrons. The van der Waals surface area contributed by atoms with Crippen LogP contribution in [0.15, 0.2) is 174 Å². The quantitative estimate of drug-likeness (QED) is 0.170. The summed E-state index contributed by atoms with van der Waals surface area (Å²) in [5.74, 6) is 0.727. The van der Waals surface area contributed by atoms with E-state index >= 15 is 0 Å². The fourth-order valence-electron chi connectivity index (χ4n) is 8.11. The van der Waals surface area contributed by atoms with Crippen molar-refractivity contribution in [3.05, 3.63) is 170 Å². The first-order valence-electron chi connectivity index (χ1n) is 17.8. The SMILES string of the molecule is C[Si]1(C)c2ccccc2-c2nc(-c3cccc(-c4cccc5c4oc4ccccc45)c3)nc(-c3cccc(-c4cccc(-c5ccccc5)c4)c3)c21. The van der Waals surface area contributed by atoms with Crippen LogP contribution >= 0.6 is 0 Å². The van der Waals surface area contributed by atoms with Gasteiger partial charge in [0.15, 0.2) is 5.82 Å². The fraction of sp³-hybridized carbons (Fsp3) is 0.0417. The maximum absolute atomic E-state index is 6.44. The van der Waals surface area contributed by atoms with Gasteiger partial charge in [0, 0.05) is 27.5 Å². The van der Waals surface area contributed by atoms with Crippen molar-refractivity contribution in [3.8, 4) is 67.3 Å². The third-order valence-electron chi connectivity index (χ3n) is 10.7. The van der Waals surface area contributed by atoms with Crippen molar-refractivity contribution in [2.75, 3.05) is 0 Å². The molecule has 0 saturated carbocycles. The molecule has 0 N–H and O–H groups in total. The van der Waals surface area contributed by atoms with Gasteiger partial charge in [-0.3, -0.25) is 0 Å². The van der Waals surface area contributed by atoms with Gasteiger partial charge in [-0.25, -0.2) is 9.97 Å². The van der Waals surface area contributed by atoms with Crippen LogP contribution in [0.4, 0.5) is 0 Å². The molecule has 0 unspecified atom stereocenters. The zero-order chi connectivity index (χ0) is 34.8. The second kappa shape index (κ2) is 11.9. The summed E-state index contributed by atoms with van der Waals surface area (Å²) in [6.45, 7) is 4.87. The van der Waals surface area contributed by atoms with Crippen LogP contribution in [0, 0.1) is 0 Å². The lowest BCUT2D eigenvalue weighted by Crippen LogP contribution is -2.50. The standard InChI is InChI=1S/C48H34N2OSi/c1-52(2)43-27-9-7-23-41(43)45-47(52)44(36-20-11-18-34(29-36)33-17-10-16-32(28-33)31-14-4-3-5-15-31)49-48(50-45)37-21-12-19-35(30-37)38-24-13-25-40-39-22-6-8-26-42(39)51-46(38)40/h3-30H,1-2H3. The van der Waals surface area contributed by atoms with Crippen LogP contribution in [-0.2, 0) is 0 Å². The molecule has 3 nitrogen and oxygen atoms in total. The molecule has 0 atom stereocenters. The summed E-state index contributed by atoms with van der Waals surface area (Å²) in [5.41, 5.74) is 14.1. The number of nitrogens with zero attached hydrogens (tertiary/aromatic N) is 2. The van der Waals surface area contributed by atoms with Crippen LogP contribution in [0.25, 0.3) is 89.2 Å². The average molecular weight is 683 g/mol. The molecular weight excluding hydrogens is 649 g/mol. The number of furan rings is 1. The van der Waals surface area contributed by atoms with E-state index in [1.165, 1.54) is 38.2 Å². The number of fused-ring (bicyclic) bond motifs is 6. The molecule has 1 aliphatic rings. The molecule has 0 aliphatic carbocycles. The van der Waals surface area contributed by atoms with Crippen molar-refractivity contribution in [2.45, 2.75) is 13.1 Å². The van der Waals surface area contributed by atoms with E-state index in [2.05, 4.69) is 171 Å². The Bertz CT molecular complexity index is 2830. The minimum Gasteiger partial charge on any atom is -0.455 e. The Morgan fingerprint density at radius 3 is 1.79 bits per heavy atom. The molecule has 2 aromatic heterocycles. The highest BCUT2D eigenvalue weighted by molar-refractivity contribution is 7.04. The first-order valence-corrected chi connectivity index (χ1v) is 20.8. The lowest BCUT2D eigenvalue weighted by molar-refractivity contribution is 0.670. The van der Waals surface area contributed by atoms with Crippen molar-refractivity contribution in [1.82, 2.24) is 9.97 Å². The summed E-state index contributed by atoms with van der Waals surface area (Å²) in [7, 11) is -2.13. The van der Waals surface area contributed by atoms with Gasteiger partial charge in [-0.05, 0) is 68.0 Å². The average Bonchev–Trinajstić information content (AvgIpc) is 3.70. The van der Waals surface area contributed by atoms with E-state index in [0.29, 0.717) is 0 Å². The summed E-state index contributed by atoms with van der Waals surface area (Å²) in [6.07, 6.45) is 0. The highest BCUT2D eigenvalue weighted by Crippen LogP contribution is 2.39. The van der Waals surface area contributed by atoms with Crippen molar-refractivity contribution in [2.24, 2.45) is 0 Å². The fourth-order valence-corrected chi connectivity index (χ4v) is 11.3. The summed E-state index contributed by atoms with van der Waals surface area (Å²) >= 11 is 0. The van der Waals surface area contributed by atoms with Gasteiger partial charge in [0.1, 0.15) is 19.2 Å². The number of aromatic nitrogens is 2. The molecule has 1 aliphatic heterocycles. The van der Waals surface area contributed by atoms with Crippen molar-refractivity contribution >= 4 is 40.4 Å². The van der Waals surface area contributed by atoms with Crippen molar-refractivity contribution in [3.63, 3.8) is 0 Å². The van der Waals surface area contributed by atoms with E-state index in [4.69, 9.17) is 14.4 Å². The Kier molecular flexibility index (Phi) is 6.95. The van der Waals surface area contributed by atoms with E-state index in [1.807, 2.05) is 12.1 Å². The van der Waals surface area contributed by atoms with Gasteiger partial charge in [-0.1, -0.05) is 159 Å². The lowest BCUT2D eigenvalue weighted by Gasteiger charge is -2.22. The minimum absolute atomic E-state index is 0.727. The normalized spacial score (nSPS) is 13.0. The smallest absolute Gasteiger partial charge is 0.160 e. The second-order valence-electron chi connectivity index (χ2n) is 14.2. The van der Waals surface area contributed by atoms with Gasteiger partial charge >= 0.3 is 0 Å². The topological polar surface area (TPSA) is 38.9 Å². The number of hydrogen-bond acceptors (Lipinski definition) is 3. The number of hydrogen-bond donors (Lipinski definition) is 0. The number of para-hydroxylation sites is 2. The molecule has 52 heavy (non-hydrogen) atoms. The molecule has 0 bridgehead atoms. The van der Waals surface area contributed by atoms with Crippen molar-refractivity contribution in [1.29, 1.82) is 0 Å². The monoisotopic (exact) mass is 682 g/mol. The van der Waals surface area contributed by atoms with E-state index in [9.17, 15) is 0 Å². The zero-order valence-electron chi connectivity index (χ0n) is 29.0. The van der Waals surface area contributed by atoms with E-state index < -0.39 is 8.07 Å². The van der Waals surface area contributed by atoms with Gasteiger partial charge < -0.3 is 4.42 Å². The minimum atomic E-state index is -2.13. The van der Waals surface area contributed by atoms with Crippen LogP contribution in [0.5, 0.6) is 0 Å². The van der Waals surface area contributed by atoms with Gasteiger partial charge in [0.05, 0.1) is 11.4 Å². The molecule has 4 heteroatoms. The Morgan fingerprint density at radius 2 is 0.962 bits per heavy atom. The Hall–Kier alpha value is -6.36. The molecule has 9 aromatic rings. The summed E-state index contributed by atoms with van der Waals surface area (Å²) in [4.78, 5) is 10.9. The van der Waals surface area contributed by atoms with Crippen LogP contribution in [0.1, 0.15) is 0 Å². The number of rotatable bonds is 5. The highest BCUT2D eigenvalue weighted by Gasteiger charge is 2.41. The third kappa shape index (κ3) is 4.87. The summed E-state index contributed by atoms with van der Waals surface area (Å²) < 4.78 is 6.44. The molecule has 7 aromatic carbocycles. The summed E-state index contributed by atoms with van der Waals surface area (Å²) in [5, 5.41) is 4.96. The van der Waals surface area contributed by atoms with Gasteiger partial charge in [-0.15, -0.1) is 0 Å². The maximum atomic E-state index is 6.44. The second-order valence-corrected chi connectivity index (χ2v) is 18.5. The van der Waals surface area contributed by atoms with Crippen molar-refractivity contribution < 1.29 is 4.42 Å². The van der Waals surface area contributed by atoms with E-state index in [1.54, 1.807) is 0 Å². The molecule has 0 spiro atoms. The van der Waals surface area contributed by atoms with Gasteiger partial charge in [0.25, 0.3) is 0 Å². The van der Waals surface area contributed by atoms with Crippen LogP contribution in [-0.4, -0.2) is 18.0 Å². The zero-order valence-corrected chi connectivity index (χ0v) is 30.0. The number of benzene rings is 7. The molecule has 0 saturated heterocycles. The Morgan fingerprint density at radius 1 is 0.423 bits per heavy atom. The van der Waals surface area contributed by atoms with Gasteiger partial charge in [-0.2, -0.15) is 0 Å². The summed E-state index contributed by atoms with van der Waals surface area (Å²) in [6, 6.07) is 60.3. The largest absolute Gasteiger partial charge is 0.455 e. The highest BCUT2D eigenvalue weighted by atomic mass is 28.3. The first kappa shape index (κ1) is 30.5. The van der Waals surface area contributed by atoms with Crippen LogP contribution in [0.3, 0.4) is 0 Å². The molecule has 0 fully saturated rings.